The van der Waals surface area contributed by atoms with Crippen LogP contribution >= 0.6 is 0 Å². The van der Waals surface area contributed by atoms with Crippen molar-refractivity contribution >= 4 is 35.9 Å². The standard InChI is InChI=1S/C40H56N6O10/c1-3-53-37(49)29-45(35(47)19-17-31-9-13-33(27-41)14-10-31)23-21-43-39(51)55-25-7-5-6-8-26-56-40(52)44-22-24-46(30-38(50)54-4-2)36(48)20-18-32-11-15-34(28-42)16-12-32/h9-16H,3-4,7-8,17-30,41-42H2,1-2H3,(H,43,51)(H,44,52). The minimum absolute atomic E-state index is 0.0101. The molecule has 4 amide bonds. The largest absolute Gasteiger partial charge is 0.465 e. The molecule has 2 aromatic rings. The molecule has 2 rings (SSSR count). The molecule has 0 aliphatic carbocycles. The van der Waals surface area contributed by atoms with E-state index in [9.17, 15) is 28.8 Å². The highest BCUT2D eigenvalue weighted by Gasteiger charge is 2.20. The van der Waals surface area contributed by atoms with Crippen LogP contribution in [0.4, 0.5) is 9.59 Å². The van der Waals surface area contributed by atoms with E-state index in [1.807, 2.05) is 48.5 Å². The van der Waals surface area contributed by atoms with Crippen molar-refractivity contribution in [1.29, 1.82) is 0 Å². The van der Waals surface area contributed by atoms with E-state index in [0.717, 1.165) is 22.3 Å². The van der Waals surface area contributed by atoms with Crippen LogP contribution in [0.15, 0.2) is 48.5 Å². The van der Waals surface area contributed by atoms with Gasteiger partial charge in [-0.3, -0.25) is 19.2 Å². The first-order valence-corrected chi connectivity index (χ1v) is 18.8. The topological polar surface area (TPSA) is 222 Å². The Labute approximate surface area is 328 Å². The smallest absolute Gasteiger partial charge is 0.407 e. The summed E-state index contributed by atoms with van der Waals surface area (Å²) >= 11 is 0. The second-order valence-electron chi connectivity index (χ2n) is 12.3. The van der Waals surface area contributed by atoms with Crippen LogP contribution in [0, 0.1) is 11.8 Å². The number of ether oxygens (including phenoxy) is 4. The van der Waals surface area contributed by atoms with Gasteiger partial charge in [0, 0.05) is 65.0 Å². The molecular weight excluding hydrogens is 724 g/mol. The number of amides is 4. The van der Waals surface area contributed by atoms with E-state index >= 15 is 0 Å². The molecule has 6 N–H and O–H groups in total. The molecule has 16 nitrogen and oxygen atoms in total. The maximum absolute atomic E-state index is 12.9. The van der Waals surface area contributed by atoms with Crippen molar-refractivity contribution in [2.45, 2.75) is 65.5 Å². The van der Waals surface area contributed by atoms with Crippen LogP contribution < -0.4 is 22.1 Å². The summed E-state index contributed by atoms with van der Waals surface area (Å²) in [6.07, 6.45) is 0.389. The van der Waals surface area contributed by atoms with Gasteiger partial charge in [-0.05, 0) is 48.9 Å². The van der Waals surface area contributed by atoms with Gasteiger partial charge in [0.25, 0.3) is 0 Å². The third-order valence-electron chi connectivity index (χ3n) is 8.08. The summed E-state index contributed by atoms with van der Waals surface area (Å²) < 4.78 is 20.2. The summed E-state index contributed by atoms with van der Waals surface area (Å²) in [5, 5.41) is 5.13. The van der Waals surface area contributed by atoms with E-state index in [4.69, 9.17) is 30.4 Å². The quantitative estimate of drug-likeness (QED) is 0.0521. The molecule has 0 aliphatic rings. The molecule has 0 saturated carbocycles. The van der Waals surface area contributed by atoms with Crippen LogP contribution in [-0.2, 0) is 64.1 Å². The Kier molecular flexibility index (Phi) is 23.1. The fourth-order valence-corrected chi connectivity index (χ4v) is 5.07. The predicted molar refractivity (Wildman–Crippen MR) is 207 cm³/mol. The number of nitrogens with zero attached hydrogens (tertiary/aromatic N) is 2. The average Bonchev–Trinajstić information content (AvgIpc) is 3.19. The molecular formula is C40H56N6O10. The van der Waals surface area contributed by atoms with Crippen LogP contribution in [-0.4, -0.2) is 111 Å². The number of rotatable bonds is 24. The Hall–Kier alpha value is -5.66. The number of nitrogens with two attached hydrogens (primary N) is 2. The number of carbonyl (C=O) groups is 6. The Morgan fingerprint density at radius 3 is 1.27 bits per heavy atom. The summed E-state index contributed by atoms with van der Waals surface area (Å²) in [5.74, 6) is 4.07. The Bertz CT molecular complexity index is 1480. The third-order valence-corrected chi connectivity index (χ3v) is 8.08. The lowest BCUT2D eigenvalue weighted by molar-refractivity contribution is -0.149. The monoisotopic (exact) mass is 780 g/mol. The molecule has 56 heavy (non-hydrogen) atoms. The highest BCUT2D eigenvalue weighted by Crippen LogP contribution is 2.10. The first-order valence-electron chi connectivity index (χ1n) is 18.8. The third kappa shape index (κ3) is 20.1. The number of esters is 2. The maximum Gasteiger partial charge on any atom is 0.407 e. The predicted octanol–water partition coefficient (Wildman–Crippen LogP) is 2.19. The van der Waals surface area contributed by atoms with Crippen molar-refractivity contribution in [2.24, 2.45) is 11.5 Å². The van der Waals surface area contributed by atoms with E-state index in [2.05, 4.69) is 22.5 Å². The van der Waals surface area contributed by atoms with Crippen molar-refractivity contribution in [3.8, 4) is 11.8 Å². The van der Waals surface area contributed by atoms with Gasteiger partial charge in [0.2, 0.25) is 11.8 Å². The summed E-state index contributed by atoms with van der Waals surface area (Å²) in [6.45, 7) is 4.42. The van der Waals surface area contributed by atoms with E-state index in [0.29, 0.717) is 25.9 Å². The van der Waals surface area contributed by atoms with E-state index in [1.54, 1.807) is 13.8 Å². The minimum atomic E-state index is -0.699. The summed E-state index contributed by atoms with van der Waals surface area (Å²) in [7, 11) is 0. The van der Waals surface area contributed by atoms with Gasteiger partial charge >= 0.3 is 24.1 Å². The Morgan fingerprint density at radius 1 is 0.571 bits per heavy atom. The summed E-state index contributed by atoms with van der Waals surface area (Å²) in [5.41, 5.74) is 15.2. The molecule has 0 heterocycles. The van der Waals surface area contributed by atoms with Gasteiger partial charge in [0.05, 0.1) is 13.2 Å². The summed E-state index contributed by atoms with van der Waals surface area (Å²) in [6, 6.07) is 15.3. The molecule has 0 aliphatic heterocycles. The van der Waals surface area contributed by atoms with Crippen molar-refractivity contribution in [1.82, 2.24) is 20.4 Å². The number of alkyl carbamates (subject to hydrolysis) is 2. The zero-order valence-electron chi connectivity index (χ0n) is 32.5. The van der Waals surface area contributed by atoms with E-state index in [1.165, 1.54) is 9.80 Å². The fourth-order valence-electron chi connectivity index (χ4n) is 5.07. The second kappa shape index (κ2) is 27.9. The van der Waals surface area contributed by atoms with Crippen molar-refractivity contribution in [3.63, 3.8) is 0 Å². The lowest BCUT2D eigenvalue weighted by Crippen LogP contribution is -2.42. The molecule has 0 spiro atoms. The van der Waals surface area contributed by atoms with Crippen molar-refractivity contribution in [3.05, 3.63) is 70.8 Å². The summed E-state index contributed by atoms with van der Waals surface area (Å²) in [4.78, 5) is 77.0. The zero-order valence-corrected chi connectivity index (χ0v) is 32.5. The fraction of sp³-hybridized carbons (Fsp3) is 0.500. The van der Waals surface area contributed by atoms with Crippen LogP contribution in [0.3, 0.4) is 0 Å². The lowest BCUT2D eigenvalue weighted by Gasteiger charge is -2.22. The number of carbonyl (C=O) groups excluding carboxylic acids is 6. The number of nitrogens with one attached hydrogen (secondary N) is 2. The van der Waals surface area contributed by atoms with E-state index < -0.39 is 24.1 Å². The SMILES string of the molecule is CCOC(=O)CN(CCNC(=O)OCCC#CCCOC(=O)NCCN(CC(=O)OCC)C(=O)CCc1ccc(CN)cc1)C(=O)CCc1ccc(CN)cc1. The number of hydrogen-bond acceptors (Lipinski definition) is 12. The normalized spacial score (nSPS) is 10.3. The molecule has 0 radical (unpaired) electrons. The Morgan fingerprint density at radius 2 is 0.929 bits per heavy atom. The highest BCUT2D eigenvalue weighted by atomic mass is 16.6. The molecule has 0 bridgehead atoms. The molecule has 0 fully saturated rings. The first-order chi connectivity index (χ1) is 27.1. The molecule has 16 heteroatoms. The molecule has 306 valence electrons. The molecule has 0 unspecified atom stereocenters. The highest BCUT2D eigenvalue weighted by molar-refractivity contribution is 5.83. The maximum atomic E-state index is 12.9. The molecule has 0 aromatic heterocycles. The van der Waals surface area contributed by atoms with Crippen molar-refractivity contribution < 1.29 is 47.7 Å². The Balaban J connectivity index is 1.65. The number of benzene rings is 2. The van der Waals surface area contributed by atoms with Crippen LogP contribution in [0.25, 0.3) is 0 Å². The van der Waals surface area contributed by atoms with Crippen LogP contribution in [0.5, 0.6) is 0 Å². The molecule has 2 aromatic carbocycles. The van der Waals surface area contributed by atoms with Crippen LogP contribution in [0.1, 0.15) is 61.8 Å². The van der Waals surface area contributed by atoms with Gasteiger partial charge in [0.15, 0.2) is 0 Å². The second-order valence-corrected chi connectivity index (χ2v) is 12.3. The average molecular weight is 781 g/mol. The van der Waals surface area contributed by atoms with Gasteiger partial charge in [-0.2, -0.15) is 0 Å². The van der Waals surface area contributed by atoms with E-state index in [-0.39, 0.29) is 103 Å². The van der Waals surface area contributed by atoms with Crippen molar-refractivity contribution in [2.75, 3.05) is 65.7 Å². The van der Waals surface area contributed by atoms with Gasteiger partial charge < -0.3 is 50.8 Å². The van der Waals surface area contributed by atoms with Gasteiger partial charge in [-0.25, -0.2) is 9.59 Å². The number of aryl methyl sites for hydroxylation is 2. The van der Waals surface area contributed by atoms with Crippen LogP contribution in [0.2, 0.25) is 0 Å². The van der Waals surface area contributed by atoms with Gasteiger partial charge in [-0.15, -0.1) is 0 Å². The van der Waals surface area contributed by atoms with Gasteiger partial charge in [0.1, 0.15) is 26.3 Å². The molecule has 0 atom stereocenters. The molecule has 0 saturated heterocycles. The zero-order chi connectivity index (χ0) is 41.0. The van der Waals surface area contributed by atoms with Gasteiger partial charge in [-0.1, -0.05) is 60.4 Å². The lowest BCUT2D eigenvalue weighted by atomic mass is 10.1. The minimum Gasteiger partial charge on any atom is -0.465 e. The first kappa shape index (κ1) is 46.5. The number of hydrogen-bond donors (Lipinski definition) is 4.